The average molecular weight is 503 g/mol. The van der Waals surface area contributed by atoms with Crippen molar-refractivity contribution in [3.05, 3.63) is 117 Å². The highest BCUT2D eigenvalue weighted by atomic mass is 16.2. The Morgan fingerprint density at radius 3 is 1.34 bits per heavy atom. The highest BCUT2D eigenvalue weighted by Crippen LogP contribution is 2.36. The molecule has 1 heterocycles. The second-order valence-electron chi connectivity index (χ2n) is 11.1. The minimum Gasteiger partial charge on any atom is -0.328 e. The maximum absolute atomic E-state index is 12.5. The van der Waals surface area contributed by atoms with Gasteiger partial charge in [-0.3, -0.25) is 10.1 Å². The smallest absolute Gasteiger partial charge is 0.237 e. The molecule has 1 N–H and O–H groups in total. The molecule has 1 unspecified atom stereocenters. The van der Waals surface area contributed by atoms with Crippen molar-refractivity contribution < 1.29 is 4.79 Å². The van der Waals surface area contributed by atoms with E-state index in [-0.39, 0.29) is 18.0 Å². The third-order valence-electron chi connectivity index (χ3n) is 8.06. The number of hydrogen-bond donors (Lipinski definition) is 1. The predicted octanol–water partition coefficient (Wildman–Crippen LogP) is 7.39. The first-order chi connectivity index (χ1) is 18.1. The SMILES string of the molecule is Cc1cc(C)c(-c2ccc(C(c3ccc(-c4c(C)cc(C)cc4C)cc3)C3NCC(=O)N3C)cc2)c(C)c1. The lowest BCUT2D eigenvalue weighted by molar-refractivity contribution is -0.126. The number of nitrogens with one attached hydrogen (secondary N) is 1. The van der Waals surface area contributed by atoms with E-state index in [0.29, 0.717) is 6.54 Å². The van der Waals surface area contributed by atoms with E-state index in [1.54, 1.807) is 0 Å². The largest absolute Gasteiger partial charge is 0.328 e. The molecule has 4 aromatic carbocycles. The highest BCUT2D eigenvalue weighted by Gasteiger charge is 2.35. The third-order valence-corrected chi connectivity index (χ3v) is 8.06. The van der Waals surface area contributed by atoms with Crippen molar-refractivity contribution in [2.24, 2.45) is 0 Å². The van der Waals surface area contributed by atoms with Gasteiger partial charge in [0.25, 0.3) is 0 Å². The molecular weight excluding hydrogens is 464 g/mol. The molecule has 1 amide bonds. The number of nitrogens with zero attached hydrogens (tertiary/aromatic N) is 1. The van der Waals surface area contributed by atoms with E-state index < -0.39 is 0 Å². The molecule has 0 bridgehead atoms. The lowest BCUT2D eigenvalue weighted by Gasteiger charge is -2.30. The van der Waals surface area contributed by atoms with Crippen LogP contribution in [0.2, 0.25) is 0 Å². The van der Waals surface area contributed by atoms with Gasteiger partial charge >= 0.3 is 0 Å². The van der Waals surface area contributed by atoms with Crippen molar-refractivity contribution in [3.63, 3.8) is 0 Å². The zero-order chi connectivity index (χ0) is 27.1. The molecule has 1 aliphatic heterocycles. The second-order valence-corrected chi connectivity index (χ2v) is 11.1. The topological polar surface area (TPSA) is 32.3 Å². The number of carbonyl (C=O) groups excluding carboxylic acids is 1. The van der Waals surface area contributed by atoms with Gasteiger partial charge in [-0.1, -0.05) is 83.9 Å². The van der Waals surface area contributed by atoms with Gasteiger partial charge in [0.15, 0.2) is 0 Å². The standard InChI is InChI=1S/C35H38N2O/c1-21-16-23(3)32(24(4)17-21)27-8-12-29(13-9-27)34(35-36-20-31(38)37(35)7)30-14-10-28(11-15-30)33-25(5)18-22(2)19-26(33)6/h8-19,34-36H,20H2,1-7H3. The highest BCUT2D eigenvalue weighted by molar-refractivity contribution is 5.81. The fraction of sp³-hybridized carbons (Fsp3) is 0.286. The maximum Gasteiger partial charge on any atom is 0.237 e. The van der Waals surface area contributed by atoms with Gasteiger partial charge in [0.1, 0.15) is 0 Å². The summed E-state index contributed by atoms with van der Waals surface area (Å²) in [5.74, 6) is 0.153. The zero-order valence-electron chi connectivity index (χ0n) is 23.6. The Bertz CT molecular complexity index is 1350. The molecule has 0 aromatic heterocycles. The molecule has 3 nitrogen and oxygen atoms in total. The van der Waals surface area contributed by atoms with Gasteiger partial charge in [0.2, 0.25) is 5.91 Å². The van der Waals surface area contributed by atoms with Gasteiger partial charge in [0, 0.05) is 13.0 Å². The molecule has 1 aliphatic rings. The molecule has 4 aromatic rings. The molecule has 0 radical (unpaired) electrons. The van der Waals surface area contributed by atoms with Crippen LogP contribution in [0.15, 0.2) is 72.8 Å². The summed E-state index contributed by atoms with van der Waals surface area (Å²) in [6, 6.07) is 26.9. The summed E-state index contributed by atoms with van der Waals surface area (Å²) < 4.78 is 0. The van der Waals surface area contributed by atoms with Crippen LogP contribution in [0, 0.1) is 41.5 Å². The molecule has 0 aliphatic carbocycles. The van der Waals surface area contributed by atoms with E-state index >= 15 is 0 Å². The summed E-state index contributed by atoms with van der Waals surface area (Å²) in [6.07, 6.45) is -0.0927. The van der Waals surface area contributed by atoms with Crippen molar-refractivity contribution >= 4 is 5.91 Å². The number of carbonyl (C=O) groups is 1. The molecule has 38 heavy (non-hydrogen) atoms. The van der Waals surface area contributed by atoms with E-state index in [2.05, 4.69) is 120 Å². The van der Waals surface area contributed by atoms with Gasteiger partial charge in [0.05, 0.1) is 12.7 Å². The molecule has 3 heteroatoms. The van der Waals surface area contributed by atoms with Crippen LogP contribution in [-0.2, 0) is 4.79 Å². The summed E-state index contributed by atoms with van der Waals surface area (Å²) in [6.45, 7) is 13.4. The van der Waals surface area contributed by atoms with Crippen molar-refractivity contribution in [1.82, 2.24) is 10.2 Å². The Morgan fingerprint density at radius 1 is 0.658 bits per heavy atom. The lowest BCUT2D eigenvalue weighted by atomic mass is 9.85. The van der Waals surface area contributed by atoms with Gasteiger partial charge < -0.3 is 4.90 Å². The van der Waals surface area contributed by atoms with Gasteiger partial charge in [-0.05, 0) is 97.2 Å². The number of amides is 1. The fourth-order valence-corrected chi connectivity index (χ4v) is 6.49. The van der Waals surface area contributed by atoms with Gasteiger partial charge in [-0.25, -0.2) is 0 Å². The van der Waals surface area contributed by atoms with Crippen molar-refractivity contribution in [2.75, 3.05) is 13.6 Å². The van der Waals surface area contributed by atoms with Crippen LogP contribution in [0.5, 0.6) is 0 Å². The summed E-state index contributed by atoms with van der Waals surface area (Å²) in [4.78, 5) is 14.4. The van der Waals surface area contributed by atoms with Gasteiger partial charge in [-0.15, -0.1) is 0 Å². The van der Waals surface area contributed by atoms with Crippen molar-refractivity contribution in [2.45, 2.75) is 53.6 Å². The van der Waals surface area contributed by atoms with Crippen LogP contribution in [0.3, 0.4) is 0 Å². The quantitative estimate of drug-likeness (QED) is 0.309. The Kier molecular flexibility index (Phi) is 6.98. The first-order valence-electron chi connectivity index (χ1n) is 13.5. The molecule has 1 saturated heterocycles. The Labute approximate surface area is 227 Å². The Morgan fingerprint density at radius 2 is 1.03 bits per heavy atom. The molecule has 1 atom stereocenters. The summed E-state index contributed by atoms with van der Waals surface area (Å²) in [5.41, 5.74) is 15.2. The van der Waals surface area contributed by atoms with E-state index in [9.17, 15) is 4.79 Å². The first kappa shape index (κ1) is 25.9. The maximum atomic E-state index is 12.5. The minimum atomic E-state index is -0.0927. The minimum absolute atomic E-state index is 0.0231. The molecular formula is C35H38N2O. The van der Waals surface area contributed by atoms with Crippen LogP contribution >= 0.6 is 0 Å². The van der Waals surface area contributed by atoms with E-state index in [0.717, 1.165) is 0 Å². The molecule has 0 saturated carbocycles. The number of rotatable bonds is 5. The van der Waals surface area contributed by atoms with Crippen LogP contribution in [0.1, 0.15) is 50.4 Å². The number of hydrogen-bond acceptors (Lipinski definition) is 2. The molecule has 5 rings (SSSR count). The van der Waals surface area contributed by atoms with Crippen LogP contribution < -0.4 is 5.32 Å². The third kappa shape index (κ3) is 4.79. The monoisotopic (exact) mass is 502 g/mol. The first-order valence-corrected chi connectivity index (χ1v) is 13.5. The average Bonchev–Trinajstić information content (AvgIpc) is 3.18. The van der Waals surface area contributed by atoms with E-state index in [4.69, 9.17) is 0 Å². The number of aryl methyl sites for hydroxylation is 6. The summed E-state index contributed by atoms with van der Waals surface area (Å²) in [7, 11) is 1.90. The Balaban J connectivity index is 1.54. The van der Waals surface area contributed by atoms with Crippen molar-refractivity contribution in [1.29, 1.82) is 0 Å². The van der Waals surface area contributed by atoms with Crippen LogP contribution in [0.4, 0.5) is 0 Å². The second kappa shape index (κ2) is 10.2. The van der Waals surface area contributed by atoms with Crippen LogP contribution in [0.25, 0.3) is 22.3 Å². The lowest BCUT2D eigenvalue weighted by Crippen LogP contribution is -2.40. The Hall–Kier alpha value is -3.69. The molecule has 194 valence electrons. The van der Waals surface area contributed by atoms with E-state index in [1.807, 2.05) is 11.9 Å². The number of likely N-dealkylation sites (N-methyl/N-ethyl adjacent to an activating group) is 1. The molecule has 1 fully saturated rings. The zero-order valence-corrected chi connectivity index (χ0v) is 23.6. The fourth-order valence-electron chi connectivity index (χ4n) is 6.49. The predicted molar refractivity (Wildman–Crippen MR) is 159 cm³/mol. The normalized spacial score (nSPS) is 15.5. The van der Waals surface area contributed by atoms with Crippen molar-refractivity contribution in [3.8, 4) is 22.3 Å². The molecule has 0 spiro atoms. The van der Waals surface area contributed by atoms with Gasteiger partial charge in [-0.2, -0.15) is 0 Å². The van der Waals surface area contributed by atoms with E-state index in [1.165, 1.54) is 66.8 Å². The summed E-state index contributed by atoms with van der Waals surface area (Å²) >= 11 is 0. The number of benzene rings is 4. The summed E-state index contributed by atoms with van der Waals surface area (Å²) in [5, 5.41) is 3.47. The van der Waals surface area contributed by atoms with Crippen LogP contribution in [-0.4, -0.2) is 30.6 Å².